The van der Waals surface area contributed by atoms with Crippen molar-refractivity contribution in [1.82, 2.24) is 10.6 Å². The number of amides is 2. The van der Waals surface area contributed by atoms with Gasteiger partial charge in [-0.05, 0) is 24.8 Å². The molecule has 1 aromatic carbocycles. The Balaban J connectivity index is 1.48. The Hall–Kier alpha value is -2.38. The van der Waals surface area contributed by atoms with Gasteiger partial charge >= 0.3 is 0 Å². The standard InChI is InChI=1S/C21H28N2O5/c1-27-18-5-3-2-4-15(18)12-22-20(25)11-16-8-9-17(19(13-24)28-16)23-21(26)10-14-6-7-14/h2-5,8-9,14,16-17,19,24H,6-7,10-13H2,1H3,(H,22,25)(H,23,26)/t16-,17-,19-/m0/s1. The molecule has 7 nitrogen and oxygen atoms in total. The number of aliphatic hydroxyl groups excluding tert-OH is 1. The number of hydrogen-bond acceptors (Lipinski definition) is 5. The van der Waals surface area contributed by atoms with Gasteiger partial charge in [-0.15, -0.1) is 0 Å². The predicted octanol–water partition coefficient (Wildman–Crippen LogP) is 1.30. The molecule has 1 aliphatic carbocycles. The Bertz CT molecular complexity index is 717. The maximum absolute atomic E-state index is 12.3. The molecular formula is C21H28N2O5. The van der Waals surface area contributed by atoms with Crippen LogP contribution in [0.4, 0.5) is 0 Å². The van der Waals surface area contributed by atoms with E-state index in [-0.39, 0.29) is 30.9 Å². The Kier molecular flexibility index (Phi) is 7.06. The lowest BCUT2D eigenvalue weighted by atomic mass is 10.0. The maximum Gasteiger partial charge on any atom is 0.223 e. The van der Waals surface area contributed by atoms with E-state index in [1.165, 1.54) is 0 Å². The van der Waals surface area contributed by atoms with Crippen LogP contribution in [-0.4, -0.2) is 48.9 Å². The first kappa shape index (κ1) is 20.4. The molecule has 3 N–H and O–H groups in total. The zero-order valence-corrected chi connectivity index (χ0v) is 16.1. The minimum atomic E-state index is -0.555. The third-order valence-electron chi connectivity index (χ3n) is 5.02. The van der Waals surface area contributed by atoms with E-state index in [2.05, 4.69) is 10.6 Å². The molecule has 1 fully saturated rings. The summed E-state index contributed by atoms with van der Waals surface area (Å²) in [6.45, 7) is 0.139. The van der Waals surface area contributed by atoms with Crippen LogP contribution in [-0.2, 0) is 20.9 Å². The number of ether oxygens (including phenoxy) is 2. The maximum atomic E-state index is 12.3. The monoisotopic (exact) mass is 388 g/mol. The zero-order chi connectivity index (χ0) is 19.9. The number of carbonyl (C=O) groups is 2. The summed E-state index contributed by atoms with van der Waals surface area (Å²) >= 11 is 0. The van der Waals surface area contributed by atoms with Crippen molar-refractivity contribution in [3.05, 3.63) is 42.0 Å². The van der Waals surface area contributed by atoms with Crippen LogP contribution >= 0.6 is 0 Å². The Morgan fingerprint density at radius 1 is 1.18 bits per heavy atom. The fraction of sp³-hybridized carbons (Fsp3) is 0.524. The second-order valence-corrected chi connectivity index (χ2v) is 7.31. The molecule has 1 heterocycles. The van der Waals surface area contributed by atoms with Gasteiger partial charge in [0.15, 0.2) is 0 Å². The second kappa shape index (κ2) is 9.71. The Morgan fingerprint density at radius 3 is 2.68 bits per heavy atom. The summed E-state index contributed by atoms with van der Waals surface area (Å²) in [6, 6.07) is 7.13. The number of aliphatic hydroxyl groups is 1. The summed E-state index contributed by atoms with van der Waals surface area (Å²) in [6.07, 6.45) is 5.48. The van der Waals surface area contributed by atoms with Crippen molar-refractivity contribution in [2.24, 2.45) is 5.92 Å². The highest BCUT2D eigenvalue weighted by Gasteiger charge is 2.31. The highest BCUT2D eigenvalue weighted by atomic mass is 16.5. The molecule has 2 amide bonds. The predicted molar refractivity (Wildman–Crippen MR) is 104 cm³/mol. The summed E-state index contributed by atoms with van der Waals surface area (Å²) in [7, 11) is 1.59. The molecule has 3 rings (SSSR count). The summed E-state index contributed by atoms with van der Waals surface area (Å²) in [5.41, 5.74) is 0.894. The Labute approximate surface area is 165 Å². The van der Waals surface area contributed by atoms with Gasteiger partial charge in [0.05, 0.1) is 32.3 Å². The minimum absolute atomic E-state index is 0.0211. The van der Waals surface area contributed by atoms with E-state index in [9.17, 15) is 14.7 Å². The van der Waals surface area contributed by atoms with Crippen molar-refractivity contribution in [3.8, 4) is 5.75 Å². The lowest BCUT2D eigenvalue weighted by Gasteiger charge is -2.31. The van der Waals surface area contributed by atoms with E-state index in [1.807, 2.05) is 30.3 Å². The van der Waals surface area contributed by atoms with Gasteiger partial charge in [-0.2, -0.15) is 0 Å². The van der Waals surface area contributed by atoms with E-state index in [0.29, 0.717) is 18.9 Å². The van der Waals surface area contributed by atoms with E-state index in [0.717, 1.165) is 24.2 Å². The number of carbonyl (C=O) groups excluding carboxylic acids is 2. The van der Waals surface area contributed by atoms with E-state index < -0.39 is 12.2 Å². The van der Waals surface area contributed by atoms with Crippen molar-refractivity contribution in [2.45, 2.75) is 50.5 Å². The number of methoxy groups -OCH3 is 1. The summed E-state index contributed by atoms with van der Waals surface area (Å²) in [4.78, 5) is 24.3. The fourth-order valence-corrected chi connectivity index (χ4v) is 3.26. The third kappa shape index (κ3) is 5.81. The van der Waals surface area contributed by atoms with Crippen LogP contribution in [0, 0.1) is 5.92 Å². The first-order valence-electron chi connectivity index (χ1n) is 9.71. The molecular weight excluding hydrogens is 360 g/mol. The molecule has 0 spiro atoms. The van der Waals surface area contributed by atoms with Crippen molar-refractivity contribution in [1.29, 1.82) is 0 Å². The van der Waals surface area contributed by atoms with Crippen LogP contribution < -0.4 is 15.4 Å². The first-order valence-corrected chi connectivity index (χ1v) is 9.71. The molecule has 1 aliphatic heterocycles. The SMILES string of the molecule is COc1ccccc1CNC(=O)C[C@@H]1C=C[C@H](NC(=O)CC2CC2)[C@H](CO)O1. The van der Waals surface area contributed by atoms with Crippen LogP contribution in [0.15, 0.2) is 36.4 Å². The minimum Gasteiger partial charge on any atom is -0.496 e. The largest absolute Gasteiger partial charge is 0.496 e. The molecule has 0 saturated heterocycles. The fourth-order valence-electron chi connectivity index (χ4n) is 3.26. The van der Waals surface area contributed by atoms with Crippen LogP contribution in [0.25, 0.3) is 0 Å². The molecule has 0 radical (unpaired) electrons. The normalized spacial score (nSPS) is 23.9. The van der Waals surface area contributed by atoms with Gasteiger partial charge in [-0.3, -0.25) is 9.59 Å². The molecule has 28 heavy (non-hydrogen) atoms. The van der Waals surface area contributed by atoms with Crippen molar-refractivity contribution >= 4 is 11.8 Å². The number of para-hydroxylation sites is 1. The average molecular weight is 388 g/mol. The van der Waals surface area contributed by atoms with Crippen LogP contribution in [0.5, 0.6) is 5.75 Å². The molecule has 3 atom stereocenters. The Morgan fingerprint density at radius 2 is 1.96 bits per heavy atom. The molecule has 0 aromatic heterocycles. The highest BCUT2D eigenvalue weighted by molar-refractivity contribution is 5.77. The molecule has 0 unspecified atom stereocenters. The molecule has 2 aliphatic rings. The highest BCUT2D eigenvalue weighted by Crippen LogP contribution is 2.32. The molecule has 7 heteroatoms. The quantitative estimate of drug-likeness (QED) is 0.554. The number of hydrogen-bond donors (Lipinski definition) is 3. The van der Waals surface area contributed by atoms with Gasteiger partial charge < -0.3 is 25.2 Å². The lowest BCUT2D eigenvalue weighted by molar-refractivity contribution is -0.128. The van der Waals surface area contributed by atoms with Crippen molar-refractivity contribution < 1.29 is 24.2 Å². The number of nitrogens with one attached hydrogen (secondary N) is 2. The van der Waals surface area contributed by atoms with Gasteiger partial charge in [0.25, 0.3) is 0 Å². The van der Waals surface area contributed by atoms with Gasteiger partial charge in [0.2, 0.25) is 11.8 Å². The van der Waals surface area contributed by atoms with Gasteiger partial charge in [0.1, 0.15) is 11.9 Å². The summed E-state index contributed by atoms with van der Waals surface area (Å²) in [5, 5.41) is 15.4. The van der Waals surface area contributed by atoms with Crippen molar-refractivity contribution in [3.63, 3.8) is 0 Å². The molecule has 1 saturated carbocycles. The van der Waals surface area contributed by atoms with Gasteiger partial charge in [-0.25, -0.2) is 0 Å². The van der Waals surface area contributed by atoms with Crippen LogP contribution in [0.3, 0.4) is 0 Å². The van der Waals surface area contributed by atoms with Gasteiger partial charge in [0, 0.05) is 18.5 Å². The van der Waals surface area contributed by atoms with Crippen molar-refractivity contribution in [2.75, 3.05) is 13.7 Å². The average Bonchev–Trinajstić information content (AvgIpc) is 3.51. The number of rotatable bonds is 9. The van der Waals surface area contributed by atoms with E-state index >= 15 is 0 Å². The van der Waals surface area contributed by atoms with Gasteiger partial charge in [-0.1, -0.05) is 30.4 Å². The molecule has 0 bridgehead atoms. The summed E-state index contributed by atoms with van der Waals surface area (Å²) in [5.74, 6) is 1.04. The second-order valence-electron chi connectivity index (χ2n) is 7.31. The van der Waals surface area contributed by atoms with Crippen LogP contribution in [0.2, 0.25) is 0 Å². The first-order chi connectivity index (χ1) is 13.6. The third-order valence-corrected chi connectivity index (χ3v) is 5.02. The lowest BCUT2D eigenvalue weighted by Crippen LogP contribution is -2.49. The van der Waals surface area contributed by atoms with E-state index in [4.69, 9.17) is 9.47 Å². The smallest absolute Gasteiger partial charge is 0.223 e. The number of benzene rings is 1. The summed E-state index contributed by atoms with van der Waals surface area (Å²) < 4.78 is 11.1. The topological polar surface area (TPSA) is 96.9 Å². The molecule has 152 valence electrons. The van der Waals surface area contributed by atoms with Crippen LogP contribution in [0.1, 0.15) is 31.2 Å². The molecule has 1 aromatic rings. The zero-order valence-electron chi connectivity index (χ0n) is 16.1. The van der Waals surface area contributed by atoms with E-state index in [1.54, 1.807) is 13.2 Å².